The lowest BCUT2D eigenvalue weighted by Gasteiger charge is -1.92. The van der Waals surface area contributed by atoms with Gasteiger partial charge in [-0.15, -0.1) is 0 Å². The van der Waals surface area contributed by atoms with Crippen molar-refractivity contribution in [1.29, 1.82) is 0 Å². The molecule has 0 saturated carbocycles. The first-order valence-electron chi connectivity index (χ1n) is 2.16. The number of rotatable bonds is 2. The Balaban J connectivity index is 2.97. The second-order valence-corrected chi connectivity index (χ2v) is 2.77. The van der Waals surface area contributed by atoms with Gasteiger partial charge in [-0.2, -0.15) is 0 Å². The molecule has 2 nitrogen and oxygen atoms in total. The Morgan fingerprint density at radius 1 is 1.71 bits per heavy atom. The zero-order valence-corrected chi connectivity index (χ0v) is 5.40. The molecule has 3 heteroatoms. The number of nitrogens with zero attached hydrogens (tertiary/aromatic N) is 1. The minimum atomic E-state index is 0.541. The van der Waals surface area contributed by atoms with E-state index in [1.165, 1.54) is 18.3 Å². The van der Waals surface area contributed by atoms with E-state index in [1.54, 1.807) is 0 Å². The van der Waals surface area contributed by atoms with Gasteiger partial charge in [0.1, 0.15) is 0 Å². The van der Waals surface area contributed by atoms with Gasteiger partial charge in [0.05, 0.1) is 6.34 Å². The van der Waals surface area contributed by atoms with Gasteiger partial charge < -0.3 is 5.73 Å². The molecule has 0 unspecified atom stereocenters. The lowest BCUT2D eigenvalue weighted by molar-refractivity contribution is 1.11. The van der Waals surface area contributed by atoms with Crippen molar-refractivity contribution >= 4 is 18.3 Å². The maximum Gasteiger partial charge on any atom is 0.0937 e. The first kappa shape index (κ1) is 6.82. The quantitative estimate of drug-likeness (QED) is 0.334. The summed E-state index contributed by atoms with van der Waals surface area (Å²) in [7, 11) is 0. The molecule has 0 aromatic rings. The fourth-order valence-electron chi connectivity index (χ4n) is 0.157. The van der Waals surface area contributed by atoms with Gasteiger partial charge in [-0.05, 0) is 11.9 Å². The molecule has 0 atom stereocenters. The standard InChI is InChI=1S/C4H10N2S/c1-4(2)7-6-3-5/h3-4H,1-2H3,(H2,5,6). The SMILES string of the molecule is CC(C)S/N=C\N. The lowest BCUT2D eigenvalue weighted by Crippen LogP contribution is -1.88. The van der Waals surface area contributed by atoms with Crippen molar-refractivity contribution in [2.45, 2.75) is 19.1 Å². The van der Waals surface area contributed by atoms with Gasteiger partial charge in [0.2, 0.25) is 0 Å². The molecule has 0 aliphatic heterocycles. The highest BCUT2D eigenvalue weighted by molar-refractivity contribution is 7.98. The summed E-state index contributed by atoms with van der Waals surface area (Å²) in [5, 5.41) is 0.541. The van der Waals surface area contributed by atoms with Gasteiger partial charge in [-0.3, -0.25) is 0 Å². The normalized spacial score (nSPS) is 11.3. The molecule has 0 spiro atoms. The van der Waals surface area contributed by atoms with Gasteiger partial charge in [0.25, 0.3) is 0 Å². The molecule has 0 radical (unpaired) electrons. The van der Waals surface area contributed by atoms with Crippen LogP contribution in [-0.2, 0) is 0 Å². The molecule has 7 heavy (non-hydrogen) atoms. The van der Waals surface area contributed by atoms with Crippen molar-refractivity contribution in [3.05, 3.63) is 0 Å². The molecule has 0 bridgehead atoms. The molecule has 0 aliphatic carbocycles. The third-order valence-electron chi connectivity index (χ3n) is 0.333. The zero-order chi connectivity index (χ0) is 5.70. The van der Waals surface area contributed by atoms with E-state index < -0.39 is 0 Å². The molecule has 0 saturated heterocycles. The summed E-state index contributed by atoms with van der Waals surface area (Å²) in [5.74, 6) is 0. The van der Waals surface area contributed by atoms with Crippen LogP contribution >= 0.6 is 11.9 Å². The number of hydrogen-bond donors (Lipinski definition) is 1. The fraction of sp³-hybridized carbons (Fsp3) is 0.750. The Labute approximate surface area is 48.3 Å². The summed E-state index contributed by atoms with van der Waals surface area (Å²) in [5.41, 5.74) is 4.96. The van der Waals surface area contributed by atoms with E-state index in [0.29, 0.717) is 5.25 Å². The number of hydrogen-bond acceptors (Lipinski definition) is 2. The Morgan fingerprint density at radius 3 is 2.43 bits per heavy atom. The van der Waals surface area contributed by atoms with Gasteiger partial charge in [0, 0.05) is 5.25 Å². The van der Waals surface area contributed by atoms with E-state index in [0.717, 1.165) is 0 Å². The minimum absolute atomic E-state index is 0.541. The van der Waals surface area contributed by atoms with E-state index in [2.05, 4.69) is 18.2 Å². The van der Waals surface area contributed by atoms with Gasteiger partial charge in [-0.1, -0.05) is 13.8 Å². The minimum Gasteiger partial charge on any atom is -0.389 e. The van der Waals surface area contributed by atoms with Crippen LogP contribution in [0.3, 0.4) is 0 Å². The summed E-state index contributed by atoms with van der Waals surface area (Å²) in [6.07, 6.45) is 1.31. The van der Waals surface area contributed by atoms with E-state index in [-0.39, 0.29) is 0 Å². The van der Waals surface area contributed by atoms with Crippen molar-refractivity contribution in [3.63, 3.8) is 0 Å². The van der Waals surface area contributed by atoms with Gasteiger partial charge >= 0.3 is 0 Å². The molecule has 0 heterocycles. The van der Waals surface area contributed by atoms with Crippen LogP contribution in [0.15, 0.2) is 4.40 Å². The smallest absolute Gasteiger partial charge is 0.0937 e. The monoisotopic (exact) mass is 118 g/mol. The molecule has 0 aromatic carbocycles. The van der Waals surface area contributed by atoms with Crippen LogP contribution in [0.1, 0.15) is 13.8 Å². The largest absolute Gasteiger partial charge is 0.389 e. The topological polar surface area (TPSA) is 38.4 Å². The van der Waals surface area contributed by atoms with Crippen molar-refractivity contribution in [3.8, 4) is 0 Å². The van der Waals surface area contributed by atoms with Crippen LogP contribution in [-0.4, -0.2) is 11.6 Å². The molecule has 0 amide bonds. The average Bonchev–Trinajstić information content (AvgIpc) is 1.61. The van der Waals surface area contributed by atoms with Crippen LogP contribution in [0.25, 0.3) is 0 Å². The Hall–Kier alpha value is -0.180. The summed E-state index contributed by atoms with van der Waals surface area (Å²) in [6, 6.07) is 0. The van der Waals surface area contributed by atoms with Crippen LogP contribution in [0.4, 0.5) is 0 Å². The van der Waals surface area contributed by atoms with Gasteiger partial charge in [0.15, 0.2) is 0 Å². The average molecular weight is 118 g/mol. The molecular weight excluding hydrogens is 108 g/mol. The van der Waals surface area contributed by atoms with E-state index in [4.69, 9.17) is 5.73 Å². The van der Waals surface area contributed by atoms with Crippen LogP contribution in [0.5, 0.6) is 0 Å². The fourth-order valence-corrected chi connectivity index (χ4v) is 0.471. The highest BCUT2D eigenvalue weighted by Crippen LogP contribution is 2.07. The first-order chi connectivity index (χ1) is 3.27. The molecule has 0 rings (SSSR count). The second-order valence-electron chi connectivity index (χ2n) is 1.41. The Morgan fingerprint density at radius 2 is 2.29 bits per heavy atom. The molecule has 0 aliphatic rings. The van der Waals surface area contributed by atoms with Crippen molar-refractivity contribution in [2.75, 3.05) is 0 Å². The molecule has 42 valence electrons. The lowest BCUT2D eigenvalue weighted by atomic mass is 10.6. The van der Waals surface area contributed by atoms with Crippen molar-refractivity contribution in [1.82, 2.24) is 0 Å². The van der Waals surface area contributed by atoms with E-state index in [1.807, 2.05) is 0 Å². The predicted octanol–water partition coefficient (Wildman–Crippen LogP) is 1.03. The third kappa shape index (κ3) is 5.82. The molecule has 2 N–H and O–H groups in total. The van der Waals surface area contributed by atoms with Gasteiger partial charge in [-0.25, -0.2) is 4.40 Å². The highest BCUT2D eigenvalue weighted by atomic mass is 32.2. The second kappa shape index (κ2) is 3.99. The predicted molar refractivity (Wildman–Crippen MR) is 35.4 cm³/mol. The molecule has 0 fully saturated rings. The Kier molecular flexibility index (Phi) is 3.89. The van der Waals surface area contributed by atoms with Crippen LogP contribution < -0.4 is 5.73 Å². The van der Waals surface area contributed by atoms with Crippen molar-refractivity contribution < 1.29 is 0 Å². The number of nitrogens with two attached hydrogens (primary N) is 1. The first-order valence-corrected chi connectivity index (χ1v) is 3.00. The maximum absolute atomic E-state index is 4.96. The summed E-state index contributed by atoms with van der Waals surface area (Å²) in [6.45, 7) is 4.13. The van der Waals surface area contributed by atoms with E-state index in [9.17, 15) is 0 Å². The summed E-state index contributed by atoms with van der Waals surface area (Å²) < 4.78 is 3.74. The third-order valence-corrected chi connectivity index (χ3v) is 0.998. The van der Waals surface area contributed by atoms with Crippen molar-refractivity contribution in [2.24, 2.45) is 10.1 Å². The summed E-state index contributed by atoms with van der Waals surface area (Å²) in [4.78, 5) is 0. The summed E-state index contributed by atoms with van der Waals surface area (Å²) >= 11 is 1.48. The molecule has 0 aromatic heterocycles. The van der Waals surface area contributed by atoms with Crippen LogP contribution in [0.2, 0.25) is 0 Å². The highest BCUT2D eigenvalue weighted by Gasteiger charge is 1.86. The Bertz CT molecular complexity index is 60.7. The molecular formula is C4H10N2S. The maximum atomic E-state index is 4.96. The van der Waals surface area contributed by atoms with E-state index >= 15 is 0 Å². The van der Waals surface area contributed by atoms with Crippen LogP contribution in [0, 0.1) is 0 Å². The zero-order valence-electron chi connectivity index (χ0n) is 4.59.